The Hall–Kier alpha value is -3.50. The Morgan fingerprint density at radius 2 is 0.639 bits per heavy atom. The second-order valence-electron chi connectivity index (χ2n) is 7.03. The topological polar surface area (TPSA) is 18.5 Å². The highest BCUT2D eigenvalue weighted by Crippen LogP contribution is 2.43. The van der Waals surface area contributed by atoms with Gasteiger partial charge in [0.1, 0.15) is 11.5 Å². The summed E-state index contributed by atoms with van der Waals surface area (Å²) in [5.74, 6) is -22.2. The van der Waals surface area contributed by atoms with Crippen molar-refractivity contribution in [3.05, 3.63) is 105 Å². The van der Waals surface area contributed by atoms with Crippen molar-refractivity contribution in [3.8, 4) is 34.1 Å². The first kappa shape index (κ1) is 25.6. The number of ether oxygens (including phenoxy) is 2. The van der Waals surface area contributed by atoms with E-state index in [4.69, 9.17) is 32.7 Å². The highest BCUT2D eigenvalue weighted by atomic mass is 35.5. The van der Waals surface area contributed by atoms with Gasteiger partial charge in [-0.2, -0.15) is 17.6 Å². The van der Waals surface area contributed by atoms with Crippen LogP contribution in [0.25, 0.3) is 11.1 Å². The van der Waals surface area contributed by atoms with Crippen LogP contribution in [0.5, 0.6) is 23.0 Å². The van der Waals surface area contributed by atoms with Gasteiger partial charge in [0.25, 0.3) is 0 Å². The van der Waals surface area contributed by atoms with Crippen molar-refractivity contribution in [2.45, 2.75) is 0 Å². The maximum absolute atomic E-state index is 14.8. The number of hydrogen-bond acceptors (Lipinski definition) is 2. The molecule has 0 spiro atoms. The minimum absolute atomic E-state index is 0.203. The molecule has 4 rings (SSSR count). The lowest BCUT2D eigenvalue weighted by Gasteiger charge is -2.16. The van der Waals surface area contributed by atoms with E-state index in [9.17, 15) is 35.1 Å². The van der Waals surface area contributed by atoms with Crippen molar-refractivity contribution in [2.75, 3.05) is 0 Å². The van der Waals surface area contributed by atoms with E-state index >= 15 is 0 Å². The van der Waals surface area contributed by atoms with Crippen LogP contribution in [-0.2, 0) is 0 Å². The first-order valence-electron chi connectivity index (χ1n) is 9.60. The fraction of sp³-hybridized carbons (Fsp3) is 0. The predicted molar refractivity (Wildman–Crippen MR) is 115 cm³/mol. The molecule has 0 atom stereocenters. The molecule has 0 fully saturated rings. The van der Waals surface area contributed by atoms with Gasteiger partial charge in [-0.3, -0.25) is 0 Å². The van der Waals surface area contributed by atoms with Gasteiger partial charge in [0, 0.05) is 10.0 Å². The van der Waals surface area contributed by atoms with Crippen LogP contribution in [0.3, 0.4) is 0 Å². The van der Waals surface area contributed by atoms with Gasteiger partial charge in [0.2, 0.25) is 34.8 Å². The molecule has 186 valence electrons. The first-order chi connectivity index (χ1) is 17.0. The van der Waals surface area contributed by atoms with Gasteiger partial charge in [0.15, 0.2) is 23.3 Å². The average Bonchev–Trinajstić information content (AvgIpc) is 2.86. The molecular weight excluding hydrogens is 543 g/mol. The lowest BCUT2D eigenvalue weighted by Crippen LogP contribution is -2.09. The summed E-state index contributed by atoms with van der Waals surface area (Å²) in [6, 6.07) is 9.36. The van der Waals surface area contributed by atoms with Gasteiger partial charge in [0.05, 0.1) is 11.1 Å². The Balaban J connectivity index is 1.85. The minimum Gasteiger partial charge on any atom is -0.451 e. The normalized spacial score (nSPS) is 11.1. The summed E-state index contributed by atoms with van der Waals surface area (Å²) < 4.78 is 127. The largest absolute Gasteiger partial charge is 0.451 e. The SMILES string of the molecule is Fc1c(F)c(-c2c(F)c(F)c(Oc3ccc(Cl)cc3)c(F)c2F)c(F)c(F)c1Oc1ccc(Cl)cc1. The molecular formula is C24H8Cl2F8O2. The van der Waals surface area contributed by atoms with Gasteiger partial charge in [-0.1, -0.05) is 23.2 Å². The minimum atomic E-state index is -2.37. The predicted octanol–water partition coefficient (Wildman–Crippen LogP) is 9.36. The van der Waals surface area contributed by atoms with Crippen molar-refractivity contribution in [1.82, 2.24) is 0 Å². The Labute approximate surface area is 207 Å². The summed E-state index contributed by atoms with van der Waals surface area (Å²) in [6.45, 7) is 0. The monoisotopic (exact) mass is 550 g/mol. The molecule has 2 nitrogen and oxygen atoms in total. The van der Waals surface area contributed by atoms with Gasteiger partial charge in [-0.25, -0.2) is 17.6 Å². The van der Waals surface area contributed by atoms with Crippen LogP contribution in [0, 0.1) is 46.5 Å². The quantitative estimate of drug-likeness (QED) is 0.182. The molecule has 0 bridgehead atoms. The van der Waals surface area contributed by atoms with E-state index in [2.05, 4.69) is 0 Å². The molecule has 0 aliphatic rings. The summed E-state index contributed by atoms with van der Waals surface area (Å²) in [5, 5.41) is 0.406. The molecule has 0 aromatic heterocycles. The Bertz CT molecular complexity index is 1300. The van der Waals surface area contributed by atoms with E-state index in [1.807, 2.05) is 0 Å². The van der Waals surface area contributed by atoms with E-state index < -0.39 is 69.2 Å². The maximum atomic E-state index is 14.8. The third kappa shape index (κ3) is 4.54. The number of hydrogen-bond donors (Lipinski definition) is 0. The van der Waals surface area contributed by atoms with Crippen molar-refractivity contribution in [1.29, 1.82) is 0 Å². The van der Waals surface area contributed by atoms with Crippen LogP contribution < -0.4 is 9.47 Å². The lowest BCUT2D eigenvalue weighted by atomic mass is 10.0. The number of halogens is 10. The van der Waals surface area contributed by atoms with E-state index in [1.165, 1.54) is 24.3 Å². The van der Waals surface area contributed by atoms with Gasteiger partial charge in [-0.15, -0.1) is 0 Å². The highest BCUT2D eigenvalue weighted by Gasteiger charge is 2.35. The molecule has 0 aliphatic heterocycles. The lowest BCUT2D eigenvalue weighted by molar-refractivity contribution is 0.360. The van der Waals surface area contributed by atoms with E-state index in [0.717, 1.165) is 24.3 Å². The molecule has 12 heteroatoms. The van der Waals surface area contributed by atoms with Crippen LogP contribution in [0.4, 0.5) is 35.1 Å². The molecule has 0 amide bonds. The van der Waals surface area contributed by atoms with E-state index in [1.54, 1.807) is 0 Å². The smallest absolute Gasteiger partial charge is 0.205 e. The van der Waals surface area contributed by atoms with E-state index in [-0.39, 0.29) is 21.5 Å². The first-order valence-corrected chi connectivity index (χ1v) is 10.4. The molecule has 0 saturated carbocycles. The summed E-state index contributed by atoms with van der Waals surface area (Å²) in [5.41, 5.74) is -4.08. The molecule has 36 heavy (non-hydrogen) atoms. The van der Waals surface area contributed by atoms with Gasteiger partial charge < -0.3 is 9.47 Å². The summed E-state index contributed by atoms with van der Waals surface area (Å²) in [6.07, 6.45) is 0. The van der Waals surface area contributed by atoms with Crippen LogP contribution in [0.2, 0.25) is 10.0 Å². The Morgan fingerprint density at radius 1 is 0.389 bits per heavy atom. The molecule has 0 unspecified atom stereocenters. The fourth-order valence-corrected chi connectivity index (χ4v) is 3.33. The van der Waals surface area contributed by atoms with Gasteiger partial charge in [-0.05, 0) is 48.5 Å². The zero-order chi connectivity index (χ0) is 26.3. The van der Waals surface area contributed by atoms with E-state index in [0.29, 0.717) is 0 Å². The summed E-state index contributed by atoms with van der Waals surface area (Å²) >= 11 is 11.3. The number of rotatable bonds is 5. The van der Waals surface area contributed by atoms with Crippen LogP contribution >= 0.6 is 23.2 Å². The maximum Gasteiger partial charge on any atom is 0.205 e. The van der Waals surface area contributed by atoms with Gasteiger partial charge >= 0.3 is 0 Å². The Morgan fingerprint density at radius 3 is 0.889 bits per heavy atom. The zero-order valence-electron chi connectivity index (χ0n) is 17.2. The van der Waals surface area contributed by atoms with Crippen LogP contribution in [0.1, 0.15) is 0 Å². The van der Waals surface area contributed by atoms with Crippen LogP contribution in [0.15, 0.2) is 48.5 Å². The summed E-state index contributed by atoms with van der Waals surface area (Å²) in [4.78, 5) is 0. The summed E-state index contributed by atoms with van der Waals surface area (Å²) in [7, 11) is 0. The zero-order valence-corrected chi connectivity index (χ0v) is 18.7. The molecule has 0 N–H and O–H groups in total. The standard InChI is InChI=1S/C24H8Cl2F8O2/c25-9-1-5-11(6-2-9)35-23-19(31)15(27)13(16(28)20(23)32)14-17(29)21(33)24(22(34)18(14)30)36-12-7-3-10(26)4-8-12/h1-8H. The van der Waals surface area contributed by atoms with Crippen molar-refractivity contribution < 1.29 is 44.6 Å². The van der Waals surface area contributed by atoms with Crippen LogP contribution in [-0.4, -0.2) is 0 Å². The molecule has 0 heterocycles. The highest BCUT2D eigenvalue weighted by molar-refractivity contribution is 6.30. The molecule has 4 aromatic carbocycles. The van der Waals surface area contributed by atoms with Crippen molar-refractivity contribution >= 4 is 23.2 Å². The third-order valence-corrected chi connectivity index (χ3v) is 5.27. The second-order valence-corrected chi connectivity index (χ2v) is 7.90. The number of benzene rings is 4. The molecule has 0 saturated heterocycles. The molecule has 0 radical (unpaired) electrons. The Kier molecular flexibility index (Phi) is 7.01. The molecule has 0 aliphatic carbocycles. The fourth-order valence-electron chi connectivity index (χ4n) is 3.08. The van der Waals surface area contributed by atoms with Crippen molar-refractivity contribution in [2.24, 2.45) is 0 Å². The third-order valence-electron chi connectivity index (χ3n) is 4.76. The average molecular weight is 551 g/mol. The molecule has 4 aromatic rings. The van der Waals surface area contributed by atoms with Crippen molar-refractivity contribution in [3.63, 3.8) is 0 Å². The second kappa shape index (κ2) is 9.87.